The van der Waals surface area contributed by atoms with Crippen molar-refractivity contribution >= 4 is 5.91 Å². The molecule has 1 aliphatic heterocycles. The number of carbonyl (C=O) groups is 1. The van der Waals surface area contributed by atoms with Crippen LogP contribution in [0.15, 0.2) is 0 Å². The molecule has 0 bridgehead atoms. The van der Waals surface area contributed by atoms with Crippen LogP contribution in [-0.2, 0) is 9.53 Å². The van der Waals surface area contributed by atoms with Crippen molar-refractivity contribution in [1.29, 1.82) is 0 Å². The van der Waals surface area contributed by atoms with E-state index in [0.717, 1.165) is 39.0 Å². The first-order valence-corrected chi connectivity index (χ1v) is 6.23. The lowest BCUT2D eigenvalue weighted by Gasteiger charge is -2.37. The lowest BCUT2D eigenvalue weighted by atomic mass is 9.98. The third kappa shape index (κ3) is 2.38. The molecule has 1 saturated carbocycles. The molecule has 0 radical (unpaired) electrons. The van der Waals surface area contributed by atoms with Gasteiger partial charge in [-0.25, -0.2) is 0 Å². The van der Waals surface area contributed by atoms with E-state index in [2.05, 4.69) is 17.6 Å². The number of ether oxygens (including phenoxy) is 1. The van der Waals surface area contributed by atoms with Crippen molar-refractivity contribution in [2.75, 3.05) is 26.2 Å². The molecule has 0 aromatic rings. The van der Waals surface area contributed by atoms with Gasteiger partial charge >= 0.3 is 0 Å². The third-order valence-corrected chi connectivity index (χ3v) is 3.90. The van der Waals surface area contributed by atoms with Gasteiger partial charge in [0.25, 0.3) is 0 Å². The molecule has 2 N–H and O–H groups in total. The van der Waals surface area contributed by atoms with Crippen molar-refractivity contribution in [1.82, 2.24) is 10.6 Å². The fourth-order valence-electron chi connectivity index (χ4n) is 2.04. The fraction of sp³-hybridized carbons (Fsp3) is 0.917. The zero-order valence-electron chi connectivity index (χ0n) is 10.3. The number of rotatable bonds is 4. The Morgan fingerprint density at radius 1 is 1.50 bits per heavy atom. The zero-order valence-corrected chi connectivity index (χ0v) is 10.3. The summed E-state index contributed by atoms with van der Waals surface area (Å²) < 4.78 is 5.82. The minimum atomic E-state index is -0.195. The Bertz CT molecular complexity index is 268. The van der Waals surface area contributed by atoms with Crippen LogP contribution in [0.1, 0.15) is 33.1 Å². The molecule has 16 heavy (non-hydrogen) atoms. The van der Waals surface area contributed by atoms with E-state index in [0.29, 0.717) is 6.54 Å². The van der Waals surface area contributed by atoms with Gasteiger partial charge in [-0.05, 0) is 19.3 Å². The molecular formula is C12H22N2O2. The van der Waals surface area contributed by atoms with E-state index in [1.54, 1.807) is 0 Å². The summed E-state index contributed by atoms with van der Waals surface area (Å²) in [5.41, 5.74) is -0.282. The van der Waals surface area contributed by atoms with Crippen molar-refractivity contribution < 1.29 is 9.53 Å². The fourth-order valence-corrected chi connectivity index (χ4v) is 2.04. The van der Waals surface area contributed by atoms with Crippen molar-refractivity contribution in [2.24, 2.45) is 5.41 Å². The number of hydrogen-bond acceptors (Lipinski definition) is 3. The van der Waals surface area contributed by atoms with Crippen molar-refractivity contribution in [2.45, 2.75) is 38.7 Å². The van der Waals surface area contributed by atoms with Gasteiger partial charge in [-0.1, -0.05) is 13.8 Å². The van der Waals surface area contributed by atoms with E-state index in [9.17, 15) is 4.79 Å². The molecule has 4 heteroatoms. The van der Waals surface area contributed by atoms with Crippen LogP contribution < -0.4 is 10.6 Å². The minimum Gasteiger partial charge on any atom is -0.371 e. The predicted octanol–water partition coefficient (Wildman–Crippen LogP) is 0.671. The van der Waals surface area contributed by atoms with Crippen LogP contribution in [0.3, 0.4) is 0 Å². The van der Waals surface area contributed by atoms with E-state index < -0.39 is 0 Å². The molecule has 0 aromatic carbocycles. The molecular weight excluding hydrogens is 204 g/mol. The highest BCUT2D eigenvalue weighted by Crippen LogP contribution is 2.45. The second kappa shape index (κ2) is 4.34. The molecule has 1 heterocycles. The smallest absolute Gasteiger partial charge is 0.226 e. The zero-order chi connectivity index (χ0) is 11.6. The topological polar surface area (TPSA) is 50.4 Å². The van der Waals surface area contributed by atoms with Crippen LogP contribution in [0.5, 0.6) is 0 Å². The Kier molecular flexibility index (Phi) is 3.22. The highest BCUT2D eigenvalue weighted by molar-refractivity contribution is 5.84. The molecule has 1 saturated heterocycles. The van der Waals surface area contributed by atoms with Gasteiger partial charge in [0.15, 0.2) is 0 Å². The first-order chi connectivity index (χ1) is 7.60. The molecule has 0 aromatic heterocycles. The van der Waals surface area contributed by atoms with Crippen LogP contribution in [0.2, 0.25) is 0 Å². The van der Waals surface area contributed by atoms with Gasteiger partial charge < -0.3 is 15.4 Å². The molecule has 2 rings (SSSR count). The molecule has 92 valence electrons. The monoisotopic (exact) mass is 226 g/mol. The van der Waals surface area contributed by atoms with Crippen molar-refractivity contribution in [3.63, 3.8) is 0 Å². The summed E-state index contributed by atoms with van der Waals surface area (Å²) in [6.07, 6.45) is 2.98. The van der Waals surface area contributed by atoms with E-state index >= 15 is 0 Å². The van der Waals surface area contributed by atoms with Gasteiger partial charge in [0, 0.05) is 25.0 Å². The van der Waals surface area contributed by atoms with Gasteiger partial charge in [-0.3, -0.25) is 4.79 Å². The van der Waals surface area contributed by atoms with Crippen LogP contribution in [0, 0.1) is 5.41 Å². The SMILES string of the molecule is CCC1(CNC(=O)C2(C)CC2)CNCCO1. The molecule has 1 atom stereocenters. The lowest BCUT2D eigenvalue weighted by molar-refractivity contribution is -0.128. The summed E-state index contributed by atoms with van der Waals surface area (Å²) in [5.74, 6) is 0.189. The number of carbonyl (C=O) groups excluding carboxylic acids is 1. The Hall–Kier alpha value is -0.610. The molecule has 0 spiro atoms. The first kappa shape index (κ1) is 11.9. The first-order valence-electron chi connectivity index (χ1n) is 6.23. The Labute approximate surface area is 97.1 Å². The number of hydrogen-bond donors (Lipinski definition) is 2. The Balaban J connectivity index is 1.84. The van der Waals surface area contributed by atoms with Gasteiger partial charge in [-0.15, -0.1) is 0 Å². The second-order valence-electron chi connectivity index (χ2n) is 5.31. The normalized spacial score (nSPS) is 32.1. The summed E-state index contributed by atoms with van der Waals surface area (Å²) in [6, 6.07) is 0. The summed E-state index contributed by atoms with van der Waals surface area (Å²) in [7, 11) is 0. The standard InChI is InChI=1S/C12H22N2O2/c1-3-12(8-13-6-7-16-12)9-14-10(15)11(2)4-5-11/h13H,3-9H2,1-2H3,(H,14,15). The summed E-state index contributed by atoms with van der Waals surface area (Å²) in [6.45, 7) is 7.25. The van der Waals surface area contributed by atoms with E-state index in [4.69, 9.17) is 4.74 Å². The van der Waals surface area contributed by atoms with Crippen LogP contribution >= 0.6 is 0 Å². The van der Waals surface area contributed by atoms with Crippen molar-refractivity contribution in [3.05, 3.63) is 0 Å². The summed E-state index contributed by atoms with van der Waals surface area (Å²) in [4.78, 5) is 11.8. The molecule has 4 nitrogen and oxygen atoms in total. The molecule has 2 fully saturated rings. The molecule has 1 aliphatic carbocycles. The highest BCUT2D eigenvalue weighted by atomic mass is 16.5. The predicted molar refractivity (Wildman–Crippen MR) is 62.2 cm³/mol. The third-order valence-electron chi connectivity index (χ3n) is 3.90. The van der Waals surface area contributed by atoms with Gasteiger partial charge in [0.2, 0.25) is 5.91 Å². The maximum Gasteiger partial charge on any atom is 0.226 e. The van der Waals surface area contributed by atoms with Crippen molar-refractivity contribution in [3.8, 4) is 0 Å². The van der Waals surface area contributed by atoms with Crippen LogP contribution in [0.25, 0.3) is 0 Å². The average Bonchev–Trinajstić information content (AvgIpc) is 3.07. The van der Waals surface area contributed by atoms with E-state index in [1.807, 2.05) is 6.92 Å². The minimum absolute atomic E-state index is 0.0863. The number of amides is 1. The molecule has 1 amide bonds. The highest BCUT2D eigenvalue weighted by Gasteiger charge is 2.45. The summed E-state index contributed by atoms with van der Waals surface area (Å²) >= 11 is 0. The summed E-state index contributed by atoms with van der Waals surface area (Å²) in [5, 5.41) is 6.37. The lowest BCUT2D eigenvalue weighted by Crippen LogP contribution is -2.56. The van der Waals surface area contributed by atoms with Gasteiger partial charge in [0.05, 0.1) is 12.2 Å². The maximum atomic E-state index is 11.8. The van der Waals surface area contributed by atoms with Gasteiger partial charge in [0.1, 0.15) is 0 Å². The number of morpholine rings is 1. The molecule has 2 aliphatic rings. The van der Waals surface area contributed by atoms with E-state index in [-0.39, 0.29) is 16.9 Å². The maximum absolute atomic E-state index is 11.8. The molecule has 1 unspecified atom stereocenters. The second-order valence-corrected chi connectivity index (χ2v) is 5.31. The largest absolute Gasteiger partial charge is 0.371 e. The van der Waals surface area contributed by atoms with Gasteiger partial charge in [-0.2, -0.15) is 0 Å². The Morgan fingerprint density at radius 2 is 2.25 bits per heavy atom. The van der Waals surface area contributed by atoms with Crippen LogP contribution in [0.4, 0.5) is 0 Å². The quantitative estimate of drug-likeness (QED) is 0.741. The average molecular weight is 226 g/mol. The number of nitrogens with one attached hydrogen (secondary N) is 2. The van der Waals surface area contributed by atoms with E-state index in [1.165, 1.54) is 0 Å². The Morgan fingerprint density at radius 3 is 2.75 bits per heavy atom. The van der Waals surface area contributed by atoms with Crippen LogP contribution in [-0.4, -0.2) is 37.7 Å².